The van der Waals surface area contributed by atoms with Crippen molar-refractivity contribution >= 4 is 34.9 Å². The standard InChI is InChI=1S/C15H24N10O4/c16-3-5-25(8(13(28)29)2-1-4-20-14(17)18)9(26)6-24-7-21-10-11(24)22-15(19)23-12(10)27/h7-8H,1-6,16H2,(H,28,29)(H4,17,18,20)(H3,19,22,23,27)/t8-/m1/s1. The highest BCUT2D eigenvalue weighted by Crippen LogP contribution is 2.12. The van der Waals surface area contributed by atoms with Crippen LogP contribution in [0.25, 0.3) is 11.2 Å². The number of rotatable bonds is 10. The summed E-state index contributed by atoms with van der Waals surface area (Å²) in [4.78, 5) is 47.8. The summed E-state index contributed by atoms with van der Waals surface area (Å²) in [5, 5.41) is 19.3. The summed E-state index contributed by atoms with van der Waals surface area (Å²) in [6.45, 7) is 0.0965. The molecule has 0 saturated heterocycles. The first-order valence-corrected chi connectivity index (χ1v) is 8.75. The highest BCUT2D eigenvalue weighted by Gasteiger charge is 2.29. The van der Waals surface area contributed by atoms with Crippen LogP contribution in [-0.4, -0.2) is 73.0 Å². The molecule has 0 bridgehead atoms. The van der Waals surface area contributed by atoms with Crippen LogP contribution >= 0.6 is 0 Å². The predicted molar refractivity (Wildman–Crippen MR) is 104 cm³/mol. The maximum Gasteiger partial charge on any atom is 0.326 e. The van der Waals surface area contributed by atoms with Crippen LogP contribution in [0, 0.1) is 5.41 Å². The van der Waals surface area contributed by atoms with E-state index in [0.29, 0.717) is 13.0 Å². The van der Waals surface area contributed by atoms with E-state index in [1.165, 1.54) is 15.8 Å². The van der Waals surface area contributed by atoms with Gasteiger partial charge in [0.15, 0.2) is 17.1 Å². The van der Waals surface area contributed by atoms with Gasteiger partial charge in [0, 0.05) is 19.6 Å². The van der Waals surface area contributed by atoms with Crippen molar-refractivity contribution in [3.63, 3.8) is 0 Å². The molecule has 0 unspecified atom stereocenters. The largest absolute Gasteiger partial charge is 0.480 e. The number of nitrogen functional groups attached to an aromatic ring is 1. The van der Waals surface area contributed by atoms with Crippen LogP contribution in [0.5, 0.6) is 0 Å². The number of carboxylic acids is 1. The number of nitrogens with zero attached hydrogens (tertiary/aromatic N) is 4. The maximum atomic E-state index is 12.8. The second-order valence-corrected chi connectivity index (χ2v) is 6.21. The zero-order valence-electron chi connectivity index (χ0n) is 15.6. The minimum Gasteiger partial charge on any atom is -0.480 e. The molecule has 0 aliphatic carbocycles. The molecule has 29 heavy (non-hydrogen) atoms. The number of guanidine groups is 1. The summed E-state index contributed by atoms with van der Waals surface area (Å²) in [5.41, 5.74) is 15.9. The first-order valence-electron chi connectivity index (χ1n) is 8.75. The number of carbonyl (C=O) groups excluding carboxylic acids is 1. The molecular weight excluding hydrogens is 384 g/mol. The van der Waals surface area contributed by atoms with Crippen molar-refractivity contribution in [2.75, 3.05) is 25.4 Å². The second kappa shape index (κ2) is 9.50. The van der Waals surface area contributed by atoms with E-state index in [9.17, 15) is 19.5 Å². The number of fused-ring (bicyclic) bond motifs is 1. The minimum absolute atomic E-state index is 0.0162. The first-order chi connectivity index (χ1) is 13.7. The van der Waals surface area contributed by atoms with Gasteiger partial charge in [0.1, 0.15) is 12.6 Å². The van der Waals surface area contributed by atoms with E-state index in [1.54, 1.807) is 0 Å². The smallest absolute Gasteiger partial charge is 0.326 e. The van der Waals surface area contributed by atoms with E-state index in [4.69, 9.17) is 22.6 Å². The number of nitrogens with two attached hydrogens (primary N) is 3. The Bertz CT molecular complexity index is 952. The number of hydrogen-bond donors (Lipinski definition) is 7. The van der Waals surface area contributed by atoms with Gasteiger partial charge in [0.2, 0.25) is 11.9 Å². The molecule has 2 heterocycles. The molecule has 2 aromatic heterocycles. The van der Waals surface area contributed by atoms with E-state index in [1.807, 2.05) is 0 Å². The minimum atomic E-state index is -1.18. The van der Waals surface area contributed by atoms with Crippen molar-refractivity contribution < 1.29 is 14.7 Å². The molecule has 0 aliphatic heterocycles. The van der Waals surface area contributed by atoms with Crippen LogP contribution in [0.15, 0.2) is 11.1 Å². The second-order valence-electron chi connectivity index (χ2n) is 6.21. The Morgan fingerprint density at radius 3 is 2.79 bits per heavy atom. The lowest BCUT2D eigenvalue weighted by molar-refractivity contribution is -0.150. The zero-order chi connectivity index (χ0) is 21.6. The third-order valence-corrected chi connectivity index (χ3v) is 4.12. The van der Waals surface area contributed by atoms with E-state index >= 15 is 0 Å². The molecule has 10 N–H and O–H groups in total. The van der Waals surface area contributed by atoms with Crippen LogP contribution in [0.4, 0.5) is 5.95 Å². The van der Waals surface area contributed by atoms with Crippen molar-refractivity contribution in [2.45, 2.75) is 25.4 Å². The number of hydrogen-bond acceptors (Lipinski definition) is 8. The lowest BCUT2D eigenvalue weighted by Gasteiger charge is -2.29. The normalized spacial score (nSPS) is 11.9. The summed E-state index contributed by atoms with van der Waals surface area (Å²) in [6.07, 6.45) is 1.76. The molecule has 14 nitrogen and oxygen atoms in total. The Morgan fingerprint density at radius 2 is 2.17 bits per heavy atom. The lowest BCUT2D eigenvalue weighted by atomic mass is 10.1. The van der Waals surface area contributed by atoms with Gasteiger partial charge in [-0.15, -0.1) is 0 Å². The average Bonchev–Trinajstić information content (AvgIpc) is 3.02. The highest BCUT2D eigenvalue weighted by atomic mass is 16.4. The molecule has 0 fully saturated rings. The molecule has 0 radical (unpaired) electrons. The molecule has 0 saturated carbocycles. The SMILES string of the molecule is N=C(N)NCCC[C@H](C(=O)O)N(CCN)C(=O)Cn1cnc2c(=O)[nH]c(N)nc21. The number of carbonyl (C=O) groups is 2. The summed E-state index contributed by atoms with van der Waals surface area (Å²) in [7, 11) is 0. The van der Waals surface area contributed by atoms with Crippen LogP contribution in [-0.2, 0) is 16.1 Å². The Balaban J connectivity index is 2.20. The summed E-state index contributed by atoms with van der Waals surface area (Å²) in [6, 6.07) is -1.11. The number of carboxylic acid groups (broad SMARTS) is 1. The lowest BCUT2D eigenvalue weighted by Crippen LogP contribution is -2.48. The van der Waals surface area contributed by atoms with Crippen LogP contribution in [0.2, 0.25) is 0 Å². The van der Waals surface area contributed by atoms with E-state index in [2.05, 4.69) is 20.3 Å². The number of aromatic nitrogens is 4. The van der Waals surface area contributed by atoms with Gasteiger partial charge < -0.3 is 37.1 Å². The van der Waals surface area contributed by atoms with Crippen LogP contribution in [0.3, 0.4) is 0 Å². The van der Waals surface area contributed by atoms with Gasteiger partial charge >= 0.3 is 5.97 Å². The first kappa shape index (κ1) is 21.6. The predicted octanol–water partition coefficient (Wildman–Crippen LogP) is -2.79. The van der Waals surface area contributed by atoms with Gasteiger partial charge in [-0.05, 0) is 12.8 Å². The van der Waals surface area contributed by atoms with Gasteiger partial charge in [0.05, 0.1) is 6.33 Å². The van der Waals surface area contributed by atoms with Gasteiger partial charge in [-0.25, -0.2) is 9.78 Å². The van der Waals surface area contributed by atoms with Crippen LogP contribution in [0.1, 0.15) is 12.8 Å². The molecule has 158 valence electrons. The number of anilines is 1. The van der Waals surface area contributed by atoms with Crippen molar-refractivity contribution in [1.82, 2.24) is 29.7 Å². The highest BCUT2D eigenvalue weighted by molar-refractivity contribution is 5.84. The Kier molecular flexibility index (Phi) is 7.08. The van der Waals surface area contributed by atoms with Crippen molar-refractivity contribution in [2.24, 2.45) is 11.5 Å². The fourth-order valence-corrected chi connectivity index (χ4v) is 2.85. The zero-order valence-corrected chi connectivity index (χ0v) is 15.6. The topological polar surface area (TPSA) is 235 Å². The van der Waals surface area contributed by atoms with Crippen LogP contribution < -0.4 is 28.1 Å². The molecular formula is C15H24N10O4. The number of amides is 1. The summed E-state index contributed by atoms with van der Waals surface area (Å²) < 4.78 is 1.32. The monoisotopic (exact) mass is 408 g/mol. The molecule has 0 aromatic carbocycles. The van der Waals surface area contributed by atoms with E-state index < -0.39 is 23.5 Å². The number of aliphatic carboxylic acids is 1. The van der Waals surface area contributed by atoms with Gasteiger partial charge in [-0.3, -0.25) is 20.0 Å². The molecule has 2 rings (SSSR count). The molecule has 2 aromatic rings. The Hall–Kier alpha value is -3.68. The van der Waals surface area contributed by atoms with E-state index in [-0.39, 0.29) is 49.1 Å². The molecule has 1 amide bonds. The number of imidazole rings is 1. The summed E-state index contributed by atoms with van der Waals surface area (Å²) in [5.74, 6) is -2.05. The van der Waals surface area contributed by atoms with Crippen molar-refractivity contribution in [1.29, 1.82) is 5.41 Å². The average molecular weight is 408 g/mol. The van der Waals surface area contributed by atoms with Gasteiger partial charge in [-0.2, -0.15) is 4.98 Å². The fraction of sp³-hybridized carbons (Fsp3) is 0.467. The number of aromatic amines is 1. The van der Waals surface area contributed by atoms with Crippen molar-refractivity contribution in [3.8, 4) is 0 Å². The number of H-pyrrole nitrogens is 1. The van der Waals surface area contributed by atoms with E-state index in [0.717, 1.165) is 0 Å². The molecule has 1 atom stereocenters. The van der Waals surface area contributed by atoms with Crippen molar-refractivity contribution in [3.05, 3.63) is 16.7 Å². The number of nitrogens with one attached hydrogen (secondary N) is 3. The Morgan fingerprint density at radius 1 is 1.45 bits per heavy atom. The maximum absolute atomic E-state index is 12.8. The Labute approximate surface area is 164 Å². The quantitative estimate of drug-likeness (QED) is 0.121. The molecule has 14 heteroatoms. The summed E-state index contributed by atoms with van der Waals surface area (Å²) >= 11 is 0. The third-order valence-electron chi connectivity index (χ3n) is 4.12. The third kappa shape index (κ3) is 5.41. The molecule has 0 aliphatic rings. The van der Waals surface area contributed by atoms with Gasteiger partial charge in [0.25, 0.3) is 5.56 Å². The fourth-order valence-electron chi connectivity index (χ4n) is 2.85. The van der Waals surface area contributed by atoms with Gasteiger partial charge in [-0.1, -0.05) is 0 Å². The molecule has 0 spiro atoms.